The molecule has 1 unspecified atom stereocenters. The molecule has 4 aliphatic rings. The highest BCUT2D eigenvalue weighted by atomic mass is 16.5. The van der Waals surface area contributed by atoms with E-state index in [2.05, 4.69) is 48.3 Å². The molecule has 0 spiro atoms. The number of carbonyl (C=O) groups is 1. The van der Waals surface area contributed by atoms with Crippen molar-refractivity contribution >= 4 is 16.6 Å². The monoisotopic (exact) mass is 443 g/mol. The minimum absolute atomic E-state index is 0.0118. The van der Waals surface area contributed by atoms with E-state index in [1.54, 1.807) is 7.11 Å². The van der Waals surface area contributed by atoms with E-state index in [-0.39, 0.29) is 47.8 Å². The van der Waals surface area contributed by atoms with Crippen molar-refractivity contribution in [1.29, 1.82) is 0 Å². The Balaban J connectivity index is 1.43. The second-order valence-electron chi connectivity index (χ2n) is 10.1. The number of rotatable bonds is 3. The van der Waals surface area contributed by atoms with Crippen LogP contribution in [0, 0.1) is 17.3 Å². The summed E-state index contributed by atoms with van der Waals surface area (Å²) in [6.45, 7) is 2.34. The number of Topliss-reactive ketones (excluding diaryl/α,β-unsaturated/α-hetero) is 1. The Labute approximate surface area is 193 Å². The van der Waals surface area contributed by atoms with E-state index in [9.17, 15) is 9.90 Å². The lowest BCUT2D eigenvalue weighted by molar-refractivity contribution is -0.118. The van der Waals surface area contributed by atoms with E-state index in [1.165, 1.54) is 10.9 Å². The Morgan fingerprint density at radius 2 is 2.15 bits per heavy atom. The fraction of sp³-hybridized carbons (Fsp3) is 0.429. The largest absolute Gasteiger partial charge is 0.489 e. The van der Waals surface area contributed by atoms with Gasteiger partial charge in [0.15, 0.2) is 5.78 Å². The zero-order valence-electron chi connectivity index (χ0n) is 19.0. The molecule has 0 radical (unpaired) electrons. The Hall–Kier alpha value is -2.76. The van der Waals surface area contributed by atoms with Crippen LogP contribution in [0.3, 0.4) is 0 Å². The predicted octanol–water partition coefficient (Wildman–Crippen LogP) is 4.48. The predicted molar refractivity (Wildman–Crippen MR) is 125 cm³/mol. The summed E-state index contributed by atoms with van der Waals surface area (Å²) in [6.07, 6.45) is 12.1. The molecule has 1 aliphatic heterocycles. The van der Waals surface area contributed by atoms with Crippen LogP contribution >= 0.6 is 0 Å². The Kier molecular flexibility index (Phi) is 4.82. The zero-order chi connectivity index (χ0) is 22.7. The maximum Gasteiger partial charge on any atom is 0.166 e. The van der Waals surface area contributed by atoms with Crippen LogP contribution in [0.5, 0.6) is 0 Å². The molecule has 1 aromatic heterocycles. The van der Waals surface area contributed by atoms with Gasteiger partial charge in [0, 0.05) is 61.6 Å². The van der Waals surface area contributed by atoms with Gasteiger partial charge in [0.2, 0.25) is 0 Å². The van der Waals surface area contributed by atoms with Crippen LogP contribution in [0.1, 0.15) is 37.7 Å². The van der Waals surface area contributed by atoms with Crippen molar-refractivity contribution in [2.75, 3.05) is 13.7 Å². The summed E-state index contributed by atoms with van der Waals surface area (Å²) >= 11 is 0. The number of aliphatic hydroxyl groups is 1. The fourth-order valence-electron chi connectivity index (χ4n) is 6.71. The summed E-state index contributed by atoms with van der Waals surface area (Å²) < 4.78 is 12.7. The number of hydrogen-bond donors (Lipinski definition) is 1. The van der Waals surface area contributed by atoms with Gasteiger partial charge in [0.1, 0.15) is 11.9 Å². The smallest absolute Gasteiger partial charge is 0.166 e. The molecule has 3 aliphatic carbocycles. The molecule has 2 heterocycles. The highest BCUT2D eigenvalue weighted by molar-refractivity contribution is 6.00. The summed E-state index contributed by atoms with van der Waals surface area (Å²) in [5.41, 5.74) is 2.89. The number of nitrogens with zero attached hydrogens (tertiary/aromatic N) is 1. The van der Waals surface area contributed by atoms with Gasteiger partial charge in [-0.1, -0.05) is 37.3 Å². The van der Waals surface area contributed by atoms with Crippen LogP contribution in [-0.4, -0.2) is 41.8 Å². The van der Waals surface area contributed by atoms with Crippen LogP contribution in [0.2, 0.25) is 0 Å². The van der Waals surface area contributed by atoms with E-state index in [4.69, 9.17) is 9.47 Å². The third kappa shape index (κ3) is 3.06. The second kappa shape index (κ2) is 7.64. The zero-order valence-corrected chi connectivity index (χ0v) is 19.0. The molecule has 170 valence electrons. The molecule has 1 N–H and O–H groups in total. The number of benzene rings is 1. The number of allylic oxidation sites excluding steroid dienone is 4. The third-order valence-electron chi connectivity index (χ3n) is 8.40. The fourth-order valence-corrected chi connectivity index (χ4v) is 6.71. The van der Waals surface area contributed by atoms with Gasteiger partial charge >= 0.3 is 0 Å². The van der Waals surface area contributed by atoms with E-state index in [0.29, 0.717) is 18.4 Å². The Bertz CT molecular complexity index is 1220. The highest BCUT2D eigenvalue weighted by Crippen LogP contribution is 2.61. The van der Waals surface area contributed by atoms with Crippen LogP contribution in [0.4, 0.5) is 0 Å². The second-order valence-corrected chi connectivity index (χ2v) is 10.1. The normalized spacial score (nSPS) is 35.1. The molecule has 33 heavy (non-hydrogen) atoms. The number of ether oxygens (including phenoxy) is 2. The number of fused-ring (bicyclic) bond motifs is 4. The van der Waals surface area contributed by atoms with Crippen molar-refractivity contribution in [1.82, 2.24) is 4.98 Å². The molecule has 1 saturated carbocycles. The van der Waals surface area contributed by atoms with Gasteiger partial charge in [-0.2, -0.15) is 0 Å². The number of ketones is 1. The van der Waals surface area contributed by atoms with Crippen molar-refractivity contribution in [2.45, 2.75) is 44.3 Å². The summed E-state index contributed by atoms with van der Waals surface area (Å²) in [6, 6.07) is 8.54. The first-order valence-corrected chi connectivity index (χ1v) is 11.8. The van der Waals surface area contributed by atoms with Gasteiger partial charge in [0.25, 0.3) is 0 Å². The molecule has 0 saturated heterocycles. The minimum atomic E-state index is -0.159. The first kappa shape index (κ1) is 20.8. The van der Waals surface area contributed by atoms with Crippen LogP contribution < -0.4 is 0 Å². The van der Waals surface area contributed by atoms with Gasteiger partial charge in [-0.3, -0.25) is 9.78 Å². The number of hydrogen-bond acceptors (Lipinski definition) is 5. The van der Waals surface area contributed by atoms with Crippen LogP contribution in [0.25, 0.3) is 10.8 Å². The van der Waals surface area contributed by atoms with Crippen molar-refractivity contribution < 1.29 is 19.4 Å². The molecule has 6 rings (SSSR count). The van der Waals surface area contributed by atoms with Gasteiger partial charge in [-0.15, -0.1) is 0 Å². The van der Waals surface area contributed by atoms with E-state index >= 15 is 0 Å². The minimum Gasteiger partial charge on any atom is -0.489 e. The molecule has 0 bridgehead atoms. The topological polar surface area (TPSA) is 68.7 Å². The molecular formula is C28H29NO4. The average molecular weight is 444 g/mol. The van der Waals surface area contributed by atoms with Crippen molar-refractivity contribution in [3.05, 3.63) is 77.4 Å². The molecule has 2 aromatic rings. The molecule has 5 nitrogen and oxygen atoms in total. The number of methoxy groups -OCH3 is 1. The molecule has 5 heteroatoms. The first-order chi connectivity index (χ1) is 16.0. The van der Waals surface area contributed by atoms with Crippen molar-refractivity contribution in [3.63, 3.8) is 0 Å². The SMILES string of the molecule is CO[C@@H]1C[C@H]2[C@@H]3OC4=C(C=C3C=C[C@]2(C)[C@H]1c1cccc2cnccc12)C(=O)CC(CO)C4. The molecule has 1 fully saturated rings. The molecule has 1 aromatic carbocycles. The lowest BCUT2D eigenvalue weighted by Crippen LogP contribution is -2.41. The summed E-state index contributed by atoms with van der Waals surface area (Å²) in [5, 5.41) is 12.0. The maximum atomic E-state index is 12.7. The summed E-state index contributed by atoms with van der Waals surface area (Å²) in [5.74, 6) is 1.17. The standard InChI is InChI=1S/C28H29NO4/c1-28-8-6-17-12-21-23(31)10-16(15-30)11-24(21)33-27(17)22(28)13-25(32-2)26(28)20-5-3-4-18-14-29-9-7-19(18)20/h3-9,12,14,16,22,25-27,30H,10-11,13,15H2,1-2H3/t16?,22-,25+,26-,27+,28-/m0/s1. The number of pyridine rings is 1. The first-order valence-electron chi connectivity index (χ1n) is 11.8. The lowest BCUT2D eigenvalue weighted by Gasteiger charge is -2.45. The third-order valence-corrected chi connectivity index (χ3v) is 8.40. The summed E-state index contributed by atoms with van der Waals surface area (Å²) in [4.78, 5) is 17.0. The number of aliphatic hydroxyl groups excluding tert-OH is 1. The number of carbonyl (C=O) groups excluding carboxylic acids is 1. The van der Waals surface area contributed by atoms with Gasteiger partial charge in [0.05, 0.1) is 11.7 Å². The van der Waals surface area contributed by atoms with E-state index in [1.807, 2.05) is 18.5 Å². The number of aromatic nitrogens is 1. The van der Waals surface area contributed by atoms with Crippen LogP contribution in [-0.2, 0) is 14.3 Å². The molecule has 0 amide bonds. The average Bonchev–Trinajstić information content (AvgIpc) is 3.15. The quantitative estimate of drug-likeness (QED) is 0.758. The Morgan fingerprint density at radius 3 is 2.97 bits per heavy atom. The van der Waals surface area contributed by atoms with E-state index in [0.717, 1.165) is 23.1 Å². The molecular weight excluding hydrogens is 414 g/mol. The van der Waals surface area contributed by atoms with Crippen LogP contribution in [0.15, 0.2) is 71.8 Å². The Morgan fingerprint density at radius 1 is 1.27 bits per heavy atom. The van der Waals surface area contributed by atoms with E-state index < -0.39 is 0 Å². The summed E-state index contributed by atoms with van der Waals surface area (Å²) in [7, 11) is 1.81. The lowest BCUT2D eigenvalue weighted by atomic mass is 9.64. The molecule has 6 atom stereocenters. The van der Waals surface area contributed by atoms with Gasteiger partial charge in [-0.25, -0.2) is 0 Å². The van der Waals surface area contributed by atoms with Crippen molar-refractivity contribution in [3.8, 4) is 0 Å². The van der Waals surface area contributed by atoms with Crippen molar-refractivity contribution in [2.24, 2.45) is 17.3 Å². The van der Waals surface area contributed by atoms with Gasteiger partial charge in [-0.05, 0) is 41.0 Å². The highest BCUT2D eigenvalue weighted by Gasteiger charge is 2.57. The maximum absolute atomic E-state index is 12.7. The van der Waals surface area contributed by atoms with Gasteiger partial charge < -0.3 is 14.6 Å².